The topological polar surface area (TPSA) is 83.1 Å². The van der Waals surface area contributed by atoms with E-state index in [1.54, 1.807) is 48.8 Å². The zero-order valence-electron chi connectivity index (χ0n) is 14.5. The van der Waals surface area contributed by atoms with Gasteiger partial charge in [0.25, 0.3) is 5.91 Å². The summed E-state index contributed by atoms with van der Waals surface area (Å²) in [6, 6.07) is 10.6. The molecule has 146 valence electrons. The molecule has 1 aromatic heterocycles. The van der Waals surface area contributed by atoms with Gasteiger partial charge < -0.3 is 16.0 Å². The second-order valence-corrected chi connectivity index (χ2v) is 6.90. The van der Waals surface area contributed by atoms with Crippen LogP contribution in [0.5, 0.6) is 0 Å². The van der Waals surface area contributed by atoms with Crippen molar-refractivity contribution in [1.82, 2.24) is 10.3 Å². The van der Waals surface area contributed by atoms with Gasteiger partial charge in [-0.1, -0.05) is 0 Å². The van der Waals surface area contributed by atoms with E-state index < -0.39 is 0 Å². The smallest absolute Gasteiger partial charge is 0.255 e. The lowest BCUT2D eigenvalue weighted by atomic mass is 10.1. The SMILES string of the molecule is Cl.Cl.O=C(CC1CSCCN1)Nc1ccc(C(=O)Nc2cccnc2)cc1. The molecular formula is C18H22Cl2N4O2S. The van der Waals surface area contributed by atoms with Crippen molar-refractivity contribution in [3.8, 4) is 0 Å². The van der Waals surface area contributed by atoms with Crippen molar-refractivity contribution in [2.45, 2.75) is 12.5 Å². The molecule has 9 heteroatoms. The van der Waals surface area contributed by atoms with Crippen LogP contribution in [0, 0.1) is 0 Å². The minimum atomic E-state index is -0.214. The number of thioether (sulfide) groups is 1. The Bertz CT molecular complexity index is 726. The minimum absolute atomic E-state index is 0. The van der Waals surface area contributed by atoms with Crippen LogP contribution in [0.25, 0.3) is 0 Å². The molecule has 1 aliphatic rings. The monoisotopic (exact) mass is 428 g/mol. The molecular weight excluding hydrogens is 407 g/mol. The minimum Gasteiger partial charge on any atom is -0.326 e. The van der Waals surface area contributed by atoms with E-state index in [4.69, 9.17) is 0 Å². The predicted octanol–water partition coefficient (Wildman–Crippen LogP) is 3.21. The Balaban J connectivity index is 0.00000182. The van der Waals surface area contributed by atoms with Crippen LogP contribution < -0.4 is 16.0 Å². The molecule has 2 aromatic rings. The Morgan fingerprint density at radius 2 is 1.89 bits per heavy atom. The largest absolute Gasteiger partial charge is 0.326 e. The summed E-state index contributed by atoms with van der Waals surface area (Å²) in [7, 11) is 0. The molecule has 0 aliphatic carbocycles. The lowest BCUT2D eigenvalue weighted by molar-refractivity contribution is -0.116. The van der Waals surface area contributed by atoms with Crippen LogP contribution in [0.15, 0.2) is 48.8 Å². The highest BCUT2D eigenvalue weighted by atomic mass is 35.5. The Labute approximate surface area is 175 Å². The van der Waals surface area contributed by atoms with Gasteiger partial charge in [-0.25, -0.2) is 0 Å². The zero-order valence-corrected chi connectivity index (χ0v) is 17.0. The summed E-state index contributed by atoms with van der Waals surface area (Å²) in [5, 5.41) is 8.99. The molecule has 1 unspecified atom stereocenters. The van der Waals surface area contributed by atoms with E-state index in [2.05, 4.69) is 20.9 Å². The number of anilines is 2. The van der Waals surface area contributed by atoms with E-state index in [9.17, 15) is 9.59 Å². The van der Waals surface area contributed by atoms with Gasteiger partial charge in [0.05, 0.1) is 11.9 Å². The van der Waals surface area contributed by atoms with Crippen LogP contribution in [0.2, 0.25) is 0 Å². The number of halogens is 2. The number of carbonyl (C=O) groups excluding carboxylic acids is 2. The number of hydrogen-bond donors (Lipinski definition) is 3. The number of pyridine rings is 1. The van der Waals surface area contributed by atoms with Crippen molar-refractivity contribution in [1.29, 1.82) is 0 Å². The van der Waals surface area contributed by atoms with Gasteiger partial charge in [-0.05, 0) is 36.4 Å². The second-order valence-electron chi connectivity index (χ2n) is 5.75. The van der Waals surface area contributed by atoms with Crippen LogP contribution in [0.3, 0.4) is 0 Å². The summed E-state index contributed by atoms with van der Waals surface area (Å²) in [6.07, 6.45) is 3.69. The molecule has 1 saturated heterocycles. The van der Waals surface area contributed by atoms with Crippen LogP contribution in [0.1, 0.15) is 16.8 Å². The summed E-state index contributed by atoms with van der Waals surface area (Å²) < 4.78 is 0. The molecule has 1 aromatic carbocycles. The molecule has 6 nitrogen and oxygen atoms in total. The molecule has 3 N–H and O–H groups in total. The van der Waals surface area contributed by atoms with Crippen LogP contribution >= 0.6 is 36.6 Å². The maximum absolute atomic E-state index is 12.2. The number of aromatic nitrogens is 1. The number of amides is 2. The highest BCUT2D eigenvalue weighted by Gasteiger charge is 2.16. The van der Waals surface area contributed by atoms with Crippen LogP contribution in [-0.2, 0) is 4.79 Å². The second kappa shape index (κ2) is 11.8. The first-order chi connectivity index (χ1) is 12.2. The quantitative estimate of drug-likeness (QED) is 0.680. The molecule has 1 fully saturated rings. The van der Waals surface area contributed by atoms with E-state index in [0.29, 0.717) is 23.4 Å². The average Bonchev–Trinajstić information content (AvgIpc) is 2.64. The molecule has 3 rings (SSSR count). The summed E-state index contributed by atoms with van der Waals surface area (Å²) >= 11 is 1.87. The molecule has 1 atom stereocenters. The Morgan fingerprint density at radius 1 is 1.11 bits per heavy atom. The van der Waals surface area contributed by atoms with Gasteiger partial charge in [0.15, 0.2) is 0 Å². The highest BCUT2D eigenvalue weighted by molar-refractivity contribution is 7.99. The third-order valence-corrected chi connectivity index (χ3v) is 4.91. The molecule has 0 radical (unpaired) electrons. The number of nitrogens with one attached hydrogen (secondary N) is 3. The fourth-order valence-corrected chi connectivity index (χ4v) is 3.48. The molecule has 2 heterocycles. The maximum atomic E-state index is 12.2. The van der Waals surface area contributed by atoms with Crippen molar-refractivity contribution >= 4 is 59.8 Å². The zero-order chi connectivity index (χ0) is 17.5. The van der Waals surface area contributed by atoms with E-state index in [-0.39, 0.29) is 42.7 Å². The van der Waals surface area contributed by atoms with Gasteiger partial charge >= 0.3 is 0 Å². The molecule has 0 bridgehead atoms. The first-order valence-electron chi connectivity index (χ1n) is 8.13. The van der Waals surface area contributed by atoms with Crippen LogP contribution in [-0.4, -0.2) is 40.9 Å². The standard InChI is InChI=1S/C18H20N4O2S.2ClH/c23-17(10-16-12-25-9-8-20-16)21-14-5-3-13(4-6-14)18(24)22-15-2-1-7-19-11-15;;/h1-7,11,16,20H,8-10,12H2,(H,21,23)(H,22,24);2*1H. The summed E-state index contributed by atoms with van der Waals surface area (Å²) in [4.78, 5) is 28.2. The molecule has 27 heavy (non-hydrogen) atoms. The van der Waals surface area contributed by atoms with Gasteiger partial charge in [-0.3, -0.25) is 14.6 Å². The number of benzene rings is 1. The predicted molar refractivity (Wildman–Crippen MR) is 115 cm³/mol. The van der Waals surface area contributed by atoms with Gasteiger partial charge in [0, 0.05) is 48.0 Å². The third-order valence-electron chi connectivity index (χ3n) is 3.78. The van der Waals surface area contributed by atoms with Crippen molar-refractivity contribution in [2.24, 2.45) is 0 Å². The van der Waals surface area contributed by atoms with Gasteiger partial charge in [0.2, 0.25) is 5.91 Å². The lowest BCUT2D eigenvalue weighted by Gasteiger charge is -2.22. The number of hydrogen-bond acceptors (Lipinski definition) is 5. The van der Waals surface area contributed by atoms with Crippen molar-refractivity contribution in [2.75, 3.05) is 28.7 Å². The van der Waals surface area contributed by atoms with E-state index in [1.807, 2.05) is 11.8 Å². The van der Waals surface area contributed by atoms with Gasteiger partial charge in [-0.2, -0.15) is 11.8 Å². The van der Waals surface area contributed by atoms with Crippen molar-refractivity contribution < 1.29 is 9.59 Å². The molecule has 2 amide bonds. The molecule has 0 spiro atoms. The van der Waals surface area contributed by atoms with Gasteiger partial charge in [0.1, 0.15) is 0 Å². The van der Waals surface area contributed by atoms with Crippen LogP contribution in [0.4, 0.5) is 11.4 Å². The third kappa shape index (κ3) is 7.38. The molecule has 1 aliphatic heterocycles. The Hall–Kier alpha value is -1.80. The van der Waals surface area contributed by atoms with E-state index in [0.717, 1.165) is 18.1 Å². The Kier molecular flexibility index (Phi) is 10.2. The first-order valence-corrected chi connectivity index (χ1v) is 9.28. The summed E-state index contributed by atoms with van der Waals surface area (Å²) in [6.45, 7) is 0.948. The summed E-state index contributed by atoms with van der Waals surface area (Å²) in [5.74, 6) is 1.82. The number of carbonyl (C=O) groups is 2. The van der Waals surface area contributed by atoms with E-state index >= 15 is 0 Å². The number of rotatable bonds is 5. The fourth-order valence-electron chi connectivity index (χ4n) is 2.53. The van der Waals surface area contributed by atoms with E-state index in [1.165, 1.54) is 0 Å². The average molecular weight is 429 g/mol. The Morgan fingerprint density at radius 3 is 2.52 bits per heavy atom. The summed E-state index contributed by atoms with van der Waals surface area (Å²) in [5.41, 5.74) is 1.85. The van der Waals surface area contributed by atoms with Gasteiger partial charge in [-0.15, -0.1) is 24.8 Å². The fraction of sp³-hybridized carbons (Fsp3) is 0.278. The normalized spacial score (nSPS) is 15.6. The van der Waals surface area contributed by atoms with Crippen molar-refractivity contribution in [3.63, 3.8) is 0 Å². The highest BCUT2D eigenvalue weighted by Crippen LogP contribution is 2.14. The first kappa shape index (κ1) is 23.2. The maximum Gasteiger partial charge on any atom is 0.255 e. The molecule has 0 saturated carbocycles. The lowest BCUT2D eigenvalue weighted by Crippen LogP contribution is -2.39. The van der Waals surface area contributed by atoms with Crippen molar-refractivity contribution in [3.05, 3.63) is 54.4 Å². The number of nitrogens with zero attached hydrogens (tertiary/aromatic N) is 1.